The molecule has 17 heavy (non-hydrogen) atoms. The van der Waals surface area contributed by atoms with Gasteiger partial charge in [-0.15, -0.1) is 0 Å². The molecule has 0 aromatic carbocycles. The molecular formula is C11H13NO4S. The highest BCUT2D eigenvalue weighted by Crippen LogP contribution is 2.27. The molecule has 0 spiro atoms. The van der Waals surface area contributed by atoms with E-state index in [4.69, 9.17) is 10.2 Å². The van der Waals surface area contributed by atoms with Crippen molar-refractivity contribution in [1.82, 2.24) is 4.98 Å². The molecule has 0 bridgehead atoms. The van der Waals surface area contributed by atoms with E-state index in [1.54, 1.807) is 0 Å². The quantitative estimate of drug-likeness (QED) is 0.757. The van der Waals surface area contributed by atoms with Crippen LogP contribution in [-0.2, 0) is 4.79 Å². The molecule has 1 heterocycles. The van der Waals surface area contributed by atoms with Gasteiger partial charge in [-0.3, -0.25) is 4.79 Å². The van der Waals surface area contributed by atoms with Crippen LogP contribution in [0.25, 0.3) is 0 Å². The number of carbonyl (C=O) groups is 2. The van der Waals surface area contributed by atoms with Crippen LogP contribution in [-0.4, -0.2) is 32.4 Å². The summed E-state index contributed by atoms with van der Waals surface area (Å²) < 4.78 is 0. The molecular weight excluding hydrogens is 242 g/mol. The van der Waals surface area contributed by atoms with Gasteiger partial charge in [-0.05, 0) is 18.6 Å². The third kappa shape index (κ3) is 3.74. The minimum atomic E-state index is -1.10. The van der Waals surface area contributed by atoms with Gasteiger partial charge in [0.05, 0.1) is 5.56 Å². The van der Waals surface area contributed by atoms with Gasteiger partial charge in [-0.2, -0.15) is 0 Å². The van der Waals surface area contributed by atoms with E-state index in [0.717, 1.165) is 18.2 Å². The monoisotopic (exact) mass is 255 g/mol. The molecule has 0 radical (unpaired) electrons. The lowest BCUT2D eigenvalue weighted by Gasteiger charge is -2.11. The predicted molar refractivity (Wildman–Crippen MR) is 63.4 cm³/mol. The van der Waals surface area contributed by atoms with Gasteiger partial charge >= 0.3 is 11.9 Å². The zero-order chi connectivity index (χ0) is 12.8. The molecule has 1 unspecified atom stereocenters. The molecule has 1 aromatic rings. The van der Waals surface area contributed by atoms with Crippen molar-refractivity contribution < 1.29 is 19.8 Å². The molecule has 0 aliphatic heterocycles. The summed E-state index contributed by atoms with van der Waals surface area (Å²) in [5, 5.41) is 17.5. The van der Waals surface area contributed by atoms with Crippen molar-refractivity contribution in [2.45, 2.75) is 30.0 Å². The Morgan fingerprint density at radius 3 is 2.71 bits per heavy atom. The van der Waals surface area contributed by atoms with Crippen LogP contribution in [0.4, 0.5) is 0 Å². The molecule has 0 saturated heterocycles. The highest BCUT2D eigenvalue weighted by Gasteiger charge is 2.21. The first-order valence-electron chi connectivity index (χ1n) is 5.14. The van der Waals surface area contributed by atoms with Gasteiger partial charge in [0.15, 0.2) is 0 Å². The Morgan fingerprint density at radius 2 is 2.18 bits per heavy atom. The van der Waals surface area contributed by atoms with Crippen LogP contribution >= 0.6 is 11.8 Å². The Hall–Kier alpha value is -1.56. The Morgan fingerprint density at radius 1 is 1.47 bits per heavy atom. The van der Waals surface area contributed by atoms with Crippen molar-refractivity contribution in [3.8, 4) is 0 Å². The highest BCUT2D eigenvalue weighted by molar-refractivity contribution is 8.00. The fourth-order valence-electron chi connectivity index (χ4n) is 1.28. The molecule has 1 aromatic heterocycles. The molecule has 5 nitrogen and oxygen atoms in total. The number of rotatable bonds is 6. The summed E-state index contributed by atoms with van der Waals surface area (Å²) in [7, 11) is 0. The number of aliphatic carboxylic acids is 1. The minimum Gasteiger partial charge on any atom is -0.480 e. The van der Waals surface area contributed by atoms with E-state index in [0.29, 0.717) is 6.42 Å². The Labute approximate surface area is 103 Å². The molecule has 0 saturated carbocycles. The lowest BCUT2D eigenvalue weighted by molar-refractivity contribution is -0.136. The average molecular weight is 255 g/mol. The summed E-state index contributed by atoms with van der Waals surface area (Å²) in [6.45, 7) is 1.88. The smallest absolute Gasteiger partial charge is 0.338 e. The normalized spacial score (nSPS) is 12.1. The number of aromatic carboxylic acids is 1. The van der Waals surface area contributed by atoms with E-state index in [-0.39, 0.29) is 10.6 Å². The zero-order valence-corrected chi connectivity index (χ0v) is 10.1. The maximum absolute atomic E-state index is 11.0. The van der Waals surface area contributed by atoms with E-state index >= 15 is 0 Å². The topological polar surface area (TPSA) is 87.5 Å². The Bertz CT molecular complexity index is 422. The van der Waals surface area contributed by atoms with Crippen LogP contribution in [0.2, 0.25) is 0 Å². The third-order valence-electron chi connectivity index (χ3n) is 2.08. The first kappa shape index (κ1) is 13.5. The summed E-state index contributed by atoms with van der Waals surface area (Å²) in [6, 6.07) is 2.94. The van der Waals surface area contributed by atoms with Crippen LogP contribution in [0.3, 0.4) is 0 Å². The number of nitrogens with zero attached hydrogens (tertiary/aromatic N) is 1. The van der Waals surface area contributed by atoms with E-state index < -0.39 is 17.2 Å². The van der Waals surface area contributed by atoms with Gasteiger partial charge in [0.2, 0.25) is 0 Å². The number of thioether (sulfide) groups is 1. The van der Waals surface area contributed by atoms with Crippen LogP contribution in [0, 0.1) is 0 Å². The second-order valence-corrected chi connectivity index (χ2v) is 4.59. The van der Waals surface area contributed by atoms with E-state index in [1.807, 2.05) is 6.92 Å². The summed E-state index contributed by atoms with van der Waals surface area (Å²) >= 11 is 0.985. The van der Waals surface area contributed by atoms with Gasteiger partial charge < -0.3 is 10.2 Å². The summed E-state index contributed by atoms with van der Waals surface area (Å²) in [5.41, 5.74) is 0.0415. The summed E-state index contributed by atoms with van der Waals surface area (Å²) in [6.07, 6.45) is 2.66. The molecule has 0 aliphatic carbocycles. The molecule has 6 heteroatoms. The van der Waals surface area contributed by atoms with Gasteiger partial charge in [0.1, 0.15) is 10.3 Å². The van der Waals surface area contributed by atoms with Crippen molar-refractivity contribution in [3.63, 3.8) is 0 Å². The molecule has 2 N–H and O–H groups in total. The average Bonchev–Trinajstić information content (AvgIpc) is 2.28. The maximum atomic E-state index is 11.0. The first-order chi connectivity index (χ1) is 8.06. The van der Waals surface area contributed by atoms with Crippen LogP contribution < -0.4 is 0 Å². The molecule has 92 valence electrons. The van der Waals surface area contributed by atoms with Gasteiger partial charge in [0.25, 0.3) is 0 Å². The van der Waals surface area contributed by atoms with Crippen molar-refractivity contribution in [3.05, 3.63) is 23.9 Å². The van der Waals surface area contributed by atoms with Crippen molar-refractivity contribution in [2.24, 2.45) is 0 Å². The number of aromatic nitrogens is 1. The predicted octanol–water partition coefficient (Wildman–Crippen LogP) is 2.13. The zero-order valence-electron chi connectivity index (χ0n) is 9.29. The van der Waals surface area contributed by atoms with Crippen LogP contribution in [0.5, 0.6) is 0 Å². The van der Waals surface area contributed by atoms with Crippen LogP contribution in [0.1, 0.15) is 30.1 Å². The SMILES string of the molecule is CCCC(Sc1ncccc1C(=O)O)C(=O)O. The fraction of sp³-hybridized carbons (Fsp3) is 0.364. The highest BCUT2D eigenvalue weighted by atomic mass is 32.2. The van der Waals surface area contributed by atoms with Gasteiger partial charge in [0, 0.05) is 6.20 Å². The van der Waals surface area contributed by atoms with E-state index in [9.17, 15) is 9.59 Å². The van der Waals surface area contributed by atoms with E-state index in [2.05, 4.69) is 4.98 Å². The fourth-order valence-corrected chi connectivity index (χ4v) is 2.41. The van der Waals surface area contributed by atoms with Gasteiger partial charge in [-0.1, -0.05) is 25.1 Å². The standard InChI is InChI=1S/C11H13NO4S/c1-2-4-8(11(15)16)17-9-7(10(13)14)5-3-6-12-9/h3,5-6,8H,2,4H2,1H3,(H,13,14)(H,15,16). The van der Waals surface area contributed by atoms with Crippen molar-refractivity contribution >= 4 is 23.7 Å². The molecule has 0 fully saturated rings. The number of pyridine rings is 1. The minimum absolute atomic E-state index is 0.0415. The second kappa shape index (κ2) is 6.24. The first-order valence-corrected chi connectivity index (χ1v) is 6.02. The lowest BCUT2D eigenvalue weighted by atomic mass is 10.2. The summed E-state index contributed by atoms with van der Waals surface area (Å²) in [5.74, 6) is -2.04. The molecule has 1 rings (SSSR count). The maximum Gasteiger partial charge on any atom is 0.338 e. The van der Waals surface area contributed by atoms with Crippen molar-refractivity contribution in [1.29, 1.82) is 0 Å². The molecule has 1 atom stereocenters. The number of carboxylic acids is 2. The molecule has 0 aliphatic rings. The Kier molecular flexibility index (Phi) is 4.96. The summed E-state index contributed by atoms with van der Waals surface area (Å²) in [4.78, 5) is 25.8. The van der Waals surface area contributed by atoms with Gasteiger partial charge in [-0.25, -0.2) is 9.78 Å². The number of hydrogen-bond acceptors (Lipinski definition) is 4. The number of hydrogen-bond donors (Lipinski definition) is 2. The number of carboxylic acid groups (broad SMARTS) is 2. The third-order valence-corrected chi connectivity index (χ3v) is 3.35. The Balaban J connectivity index is 2.92. The van der Waals surface area contributed by atoms with Crippen molar-refractivity contribution in [2.75, 3.05) is 0 Å². The van der Waals surface area contributed by atoms with E-state index in [1.165, 1.54) is 18.3 Å². The molecule has 0 amide bonds. The second-order valence-electron chi connectivity index (χ2n) is 3.39. The lowest BCUT2D eigenvalue weighted by Crippen LogP contribution is -2.16. The van der Waals surface area contributed by atoms with Crippen LogP contribution in [0.15, 0.2) is 23.4 Å². The largest absolute Gasteiger partial charge is 0.480 e.